The molecule has 0 amide bonds. The van der Waals surface area contributed by atoms with Gasteiger partial charge in [-0.1, -0.05) is 0 Å². The molecule has 86 valence electrons. The monoisotopic (exact) mass is 206 g/mol. The maximum Gasteiger partial charge on any atom is 0.0826 e. The first-order valence-electron chi connectivity index (χ1n) is 4.93. The third kappa shape index (κ3) is 8.44. The lowest BCUT2D eigenvalue weighted by atomic mass is 10.3. The molecule has 0 rings (SSSR count). The first-order valence-corrected chi connectivity index (χ1v) is 4.93. The Balaban J connectivity index is 3.15. The van der Waals surface area contributed by atoms with Crippen molar-refractivity contribution in [1.29, 1.82) is 0 Å². The number of hydrogen-bond acceptors (Lipinski definition) is 4. The van der Waals surface area contributed by atoms with Crippen LogP contribution >= 0.6 is 0 Å². The molecule has 14 heavy (non-hydrogen) atoms. The molecule has 0 saturated carbocycles. The molecule has 0 aromatic rings. The Morgan fingerprint density at radius 1 is 0.929 bits per heavy atom. The molecule has 0 fully saturated rings. The average molecular weight is 206 g/mol. The normalized spacial score (nSPS) is 13.1. The van der Waals surface area contributed by atoms with Crippen LogP contribution in [-0.2, 0) is 18.9 Å². The van der Waals surface area contributed by atoms with Crippen LogP contribution in [0.15, 0.2) is 0 Å². The van der Waals surface area contributed by atoms with E-state index < -0.39 is 0 Å². The summed E-state index contributed by atoms with van der Waals surface area (Å²) >= 11 is 0. The van der Waals surface area contributed by atoms with E-state index in [4.69, 9.17) is 18.9 Å². The van der Waals surface area contributed by atoms with Gasteiger partial charge in [0.2, 0.25) is 0 Å². The minimum Gasteiger partial charge on any atom is -0.385 e. The van der Waals surface area contributed by atoms with Crippen molar-refractivity contribution >= 4 is 0 Å². The number of methoxy groups -OCH3 is 3. The molecule has 0 aliphatic rings. The fourth-order valence-corrected chi connectivity index (χ4v) is 1.08. The third-order valence-corrected chi connectivity index (χ3v) is 1.91. The fraction of sp³-hybridized carbons (Fsp3) is 1.00. The third-order valence-electron chi connectivity index (χ3n) is 1.91. The molecule has 4 heteroatoms. The van der Waals surface area contributed by atoms with Crippen LogP contribution in [0.4, 0.5) is 0 Å². The topological polar surface area (TPSA) is 36.9 Å². The summed E-state index contributed by atoms with van der Waals surface area (Å²) < 4.78 is 20.5. The van der Waals surface area contributed by atoms with Crippen LogP contribution in [-0.4, -0.2) is 53.9 Å². The molecule has 0 spiro atoms. The summed E-state index contributed by atoms with van der Waals surface area (Å²) in [6.45, 7) is 2.84. The molecule has 0 aliphatic heterocycles. The highest BCUT2D eigenvalue weighted by Crippen LogP contribution is 1.98. The maximum atomic E-state index is 5.40. The number of hydrogen-bond donors (Lipinski definition) is 0. The SMILES string of the molecule is COCCCOCCC(COC)OC. The van der Waals surface area contributed by atoms with Gasteiger partial charge in [0.05, 0.1) is 12.7 Å². The molecule has 0 saturated heterocycles. The predicted octanol–water partition coefficient (Wildman–Crippen LogP) is 1.09. The Morgan fingerprint density at radius 2 is 1.71 bits per heavy atom. The first-order chi connectivity index (χ1) is 6.85. The van der Waals surface area contributed by atoms with E-state index in [-0.39, 0.29) is 6.10 Å². The van der Waals surface area contributed by atoms with E-state index in [0.717, 1.165) is 26.1 Å². The Labute approximate surface area is 86.5 Å². The minimum atomic E-state index is 0.141. The Hall–Kier alpha value is -0.160. The molecule has 0 heterocycles. The van der Waals surface area contributed by atoms with Crippen LogP contribution in [0, 0.1) is 0 Å². The molecule has 4 nitrogen and oxygen atoms in total. The van der Waals surface area contributed by atoms with Crippen molar-refractivity contribution in [1.82, 2.24) is 0 Å². The first kappa shape index (κ1) is 13.8. The summed E-state index contributed by atoms with van der Waals surface area (Å²) in [6.07, 6.45) is 1.96. The van der Waals surface area contributed by atoms with E-state index in [1.54, 1.807) is 21.3 Å². The highest BCUT2D eigenvalue weighted by molar-refractivity contribution is 4.54. The Bertz CT molecular complexity index is 108. The van der Waals surface area contributed by atoms with Gasteiger partial charge in [-0.25, -0.2) is 0 Å². The van der Waals surface area contributed by atoms with Crippen molar-refractivity contribution in [3.05, 3.63) is 0 Å². The molecule has 0 aromatic carbocycles. The van der Waals surface area contributed by atoms with Gasteiger partial charge >= 0.3 is 0 Å². The van der Waals surface area contributed by atoms with Crippen molar-refractivity contribution < 1.29 is 18.9 Å². The molecule has 0 radical (unpaired) electrons. The summed E-state index contributed by atoms with van der Waals surface area (Å²) in [5.74, 6) is 0. The number of ether oxygens (including phenoxy) is 4. The van der Waals surface area contributed by atoms with Gasteiger partial charge < -0.3 is 18.9 Å². The smallest absolute Gasteiger partial charge is 0.0826 e. The van der Waals surface area contributed by atoms with Gasteiger partial charge in [-0.15, -0.1) is 0 Å². The molecule has 1 unspecified atom stereocenters. The van der Waals surface area contributed by atoms with Gasteiger partial charge in [-0.2, -0.15) is 0 Å². The van der Waals surface area contributed by atoms with Gasteiger partial charge in [0.1, 0.15) is 0 Å². The molecular weight excluding hydrogens is 184 g/mol. The van der Waals surface area contributed by atoms with Crippen molar-refractivity contribution in [2.75, 3.05) is 47.8 Å². The minimum absolute atomic E-state index is 0.141. The molecule has 0 aromatic heterocycles. The average Bonchev–Trinajstić information content (AvgIpc) is 2.21. The van der Waals surface area contributed by atoms with Gasteiger partial charge in [0, 0.05) is 41.2 Å². The fourth-order valence-electron chi connectivity index (χ4n) is 1.08. The maximum absolute atomic E-state index is 5.40. The zero-order valence-electron chi connectivity index (χ0n) is 9.45. The molecular formula is C10H22O4. The zero-order chi connectivity index (χ0) is 10.6. The number of rotatable bonds is 10. The largest absolute Gasteiger partial charge is 0.385 e. The summed E-state index contributed by atoms with van der Waals surface area (Å²) in [4.78, 5) is 0. The lowest BCUT2D eigenvalue weighted by molar-refractivity contribution is 0.00164. The highest BCUT2D eigenvalue weighted by atomic mass is 16.5. The van der Waals surface area contributed by atoms with Gasteiger partial charge in [0.25, 0.3) is 0 Å². The van der Waals surface area contributed by atoms with E-state index in [9.17, 15) is 0 Å². The van der Waals surface area contributed by atoms with Crippen LogP contribution in [0.3, 0.4) is 0 Å². The predicted molar refractivity (Wildman–Crippen MR) is 54.6 cm³/mol. The quantitative estimate of drug-likeness (QED) is 0.501. The summed E-state index contributed by atoms with van der Waals surface area (Å²) in [5.41, 5.74) is 0. The summed E-state index contributed by atoms with van der Waals surface area (Å²) in [6, 6.07) is 0. The molecule has 0 N–H and O–H groups in total. The Kier molecular flexibility index (Phi) is 10.8. The second-order valence-corrected chi connectivity index (χ2v) is 3.06. The summed E-state index contributed by atoms with van der Waals surface area (Å²) in [5, 5.41) is 0. The van der Waals surface area contributed by atoms with E-state index in [1.807, 2.05) is 0 Å². The van der Waals surface area contributed by atoms with Crippen LogP contribution in [0.1, 0.15) is 12.8 Å². The lowest BCUT2D eigenvalue weighted by Gasteiger charge is -2.13. The van der Waals surface area contributed by atoms with E-state index in [1.165, 1.54) is 0 Å². The van der Waals surface area contributed by atoms with Crippen LogP contribution in [0.5, 0.6) is 0 Å². The van der Waals surface area contributed by atoms with E-state index >= 15 is 0 Å². The molecule has 0 bridgehead atoms. The van der Waals surface area contributed by atoms with Crippen LogP contribution < -0.4 is 0 Å². The van der Waals surface area contributed by atoms with Crippen molar-refractivity contribution in [2.45, 2.75) is 18.9 Å². The van der Waals surface area contributed by atoms with Crippen LogP contribution in [0.25, 0.3) is 0 Å². The summed E-state index contributed by atoms with van der Waals surface area (Å²) in [7, 11) is 5.06. The highest BCUT2D eigenvalue weighted by Gasteiger charge is 2.05. The van der Waals surface area contributed by atoms with Crippen molar-refractivity contribution in [2.24, 2.45) is 0 Å². The van der Waals surface area contributed by atoms with Crippen molar-refractivity contribution in [3.8, 4) is 0 Å². The van der Waals surface area contributed by atoms with Gasteiger partial charge in [-0.3, -0.25) is 0 Å². The molecule has 0 aliphatic carbocycles. The molecule has 1 atom stereocenters. The Morgan fingerprint density at radius 3 is 2.29 bits per heavy atom. The van der Waals surface area contributed by atoms with Crippen molar-refractivity contribution in [3.63, 3.8) is 0 Å². The van der Waals surface area contributed by atoms with E-state index in [0.29, 0.717) is 13.2 Å². The lowest BCUT2D eigenvalue weighted by Crippen LogP contribution is -2.19. The second kappa shape index (κ2) is 10.9. The zero-order valence-corrected chi connectivity index (χ0v) is 9.45. The standard InChI is InChI=1S/C10H22O4/c1-11-6-4-7-14-8-5-10(13-3)9-12-2/h10H,4-9H2,1-3H3. The van der Waals surface area contributed by atoms with Gasteiger partial charge in [-0.05, 0) is 12.8 Å². The van der Waals surface area contributed by atoms with E-state index in [2.05, 4.69) is 0 Å². The van der Waals surface area contributed by atoms with Gasteiger partial charge in [0.15, 0.2) is 0 Å². The van der Waals surface area contributed by atoms with Crippen LogP contribution in [0.2, 0.25) is 0 Å². The second-order valence-electron chi connectivity index (χ2n) is 3.06.